The van der Waals surface area contributed by atoms with Gasteiger partial charge in [0.1, 0.15) is 16.3 Å². The van der Waals surface area contributed by atoms with E-state index in [4.69, 9.17) is 4.74 Å². The zero-order valence-electron chi connectivity index (χ0n) is 15.0. The quantitative estimate of drug-likeness (QED) is 0.653. The molecule has 0 spiro atoms. The summed E-state index contributed by atoms with van der Waals surface area (Å²) in [4.78, 5) is 21.7. The Kier molecular flexibility index (Phi) is 4.90. The lowest BCUT2D eigenvalue weighted by atomic mass is 10.2. The van der Waals surface area contributed by atoms with Gasteiger partial charge in [-0.1, -0.05) is 18.2 Å². The first kappa shape index (κ1) is 17.9. The van der Waals surface area contributed by atoms with Gasteiger partial charge in [0, 0.05) is 11.9 Å². The Morgan fingerprint density at radius 3 is 2.82 bits per heavy atom. The molecule has 0 bridgehead atoms. The fraction of sp³-hybridized carbons (Fsp3) is 0.0952. The highest BCUT2D eigenvalue weighted by molar-refractivity contribution is 7.17. The fourth-order valence-corrected chi connectivity index (χ4v) is 3.85. The predicted molar refractivity (Wildman–Crippen MR) is 109 cm³/mol. The van der Waals surface area contributed by atoms with Crippen molar-refractivity contribution < 1.29 is 14.6 Å². The standard InChI is InChI=1S/C21H17N3O3S/c1-2-27-21(26)18-19(25)17(28-20(18)24-13-7-4-3-5-8-13)12-14-11-16-15(23-14)9-6-10-22-16/h3-12,24-25H,2H2,1H3. The van der Waals surface area contributed by atoms with Crippen LogP contribution in [0.2, 0.25) is 0 Å². The largest absolute Gasteiger partial charge is 0.505 e. The third-order valence-electron chi connectivity index (χ3n) is 4.05. The summed E-state index contributed by atoms with van der Waals surface area (Å²) in [5.41, 5.74) is 1.59. The molecule has 2 N–H and O–H groups in total. The third-order valence-corrected chi connectivity index (χ3v) is 5.09. The number of pyridine rings is 1. The van der Waals surface area contributed by atoms with E-state index in [0.29, 0.717) is 15.6 Å². The second-order valence-electron chi connectivity index (χ2n) is 5.96. The maximum atomic E-state index is 12.4. The summed E-state index contributed by atoms with van der Waals surface area (Å²) >= 11 is 1.26. The number of carbonyl (C=O) groups is 1. The van der Waals surface area contributed by atoms with Crippen LogP contribution in [-0.2, 0) is 4.74 Å². The lowest BCUT2D eigenvalue weighted by Gasteiger charge is -2.07. The Morgan fingerprint density at radius 2 is 2.07 bits per heavy atom. The molecule has 28 heavy (non-hydrogen) atoms. The topological polar surface area (TPSA) is 83.8 Å². The molecule has 1 aliphatic heterocycles. The molecular weight excluding hydrogens is 374 g/mol. The van der Waals surface area contributed by atoms with Gasteiger partial charge < -0.3 is 15.2 Å². The van der Waals surface area contributed by atoms with Crippen LogP contribution in [0.15, 0.2) is 59.4 Å². The number of ether oxygens (including phenoxy) is 1. The van der Waals surface area contributed by atoms with Gasteiger partial charge in [-0.05, 0) is 43.3 Å². The molecule has 0 saturated carbocycles. The first-order valence-electron chi connectivity index (χ1n) is 8.74. The molecule has 1 aromatic carbocycles. The summed E-state index contributed by atoms with van der Waals surface area (Å²) in [6.07, 6.45) is 5.28. The number of aromatic nitrogens is 1. The van der Waals surface area contributed by atoms with Gasteiger partial charge >= 0.3 is 5.97 Å². The second-order valence-corrected chi connectivity index (χ2v) is 7.02. The summed E-state index contributed by atoms with van der Waals surface area (Å²) in [5.74, 6) is -0.696. The molecule has 0 radical (unpaired) electrons. The van der Waals surface area contributed by atoms with E-state index < -0.39 is 5.97 Å². The van der Waals surface area contributed by atoms with Crippen molar-refractivity contribution in [1.29, 1.82) is 0 Å². The zero-order valence-corrected chi connectivity index (χ0v) is 15.9. The highest BCUT2D eigenvalue weighted by Gasteiger charge is 2.24. The van der Waals surface area contributed by atoms with Crippen molar-refractivity contribution in [2.45, 2.75) is 6.92 Å². The molecule has 0 saturated heterocycles. The van der Waals surface area contributed by atoms with Crippen LogP contribution in [0.5, 0.6) is 5.75 Å². The smallest absolute Gasteiger partial charge is 0.344 e. The Bertz CT molecular complexity index is 1150. The molecular formula is C21H17N3O3S. The van der Waals surface area contributed by atoms with Gasteiger partial charge in [0.2, 0.25) is 0 Å². The van der Waals surface area contributed by atoms with Gasteiger partial charge in [0.05, 0.1) is 27.9 Å². The monoisotopic (exact) mass is 391 g/mol. The highest BCUT2D eigenvalue weighted by atomic mass is 32.1. The van der Waals surface area contributed by atoms with Gasteiger partial charge in [0.15, 0.2) is 0 Å². The molecule has 3 heterocycles. The van der Waals surface area contributed by atoms with E-state index in [1.54, 1.807) is 19.2 Å². The van der Waals surface area contributed by atoms with Gasteiger partial charge in [0.25, 0.3) is 0 Å². The minimum Gasteiger partial charge on any atom is -0.505 e. The van der Waals surface area contributed by atoms with E-state index in [1.807, 2.05) is 48.5 Å². The summed E-state index contributed by atoms with van der Waals surface area (Å²) in [5, 5.41) is 16.0. The van der Waals surface area contributed by atoms with Crippen LogP contribution in [-0.4, -0.2) is 22.7 Å². The van der Waals surface area contributed by atoms with Gasteiger partial charge in [-0.15, -0.1) is 11.3 Å². The number of hydrogen-bond acceptors (Lipinski definition) is 7. The molecule has 3 aromatic rings. The van der Waals surface area contributed by atoms with E-state index in [9.17, 15) is 9.90 Å². The van der Waals surface area contributed by atoms with Crippen molar-refractivity contribution in [1.82, 2.24) is 4.98 Å². The summed E-state index contributed by atoms with van der Waals surface area (Å²) in [6.45, 7) is 1.95. The number of thiophene rings is 1. The van der Waals surface area contributed by atoms with Crippen molar-refractivity contribution in [3.63, 3.8) is 0 Å². The number of allylic oxidation sites excluding steroid dienone is 1. The summed E-state index contributed by atoms with van der Waals surface area (Å²) in [7, 11) is 0. The van der Waals surface area contributed by atoms with Crippen molar-refractivity contribution in [3.8, 4) is 5.75 Å². The van der Waals surface area contributed by atoms with Crippen LogP contribution in [0.1, 0.15) is 22.2 Å². The van der Waals surface area contributed by atoms with Crippen LogP contribution in [0.25, 0.3) is 12.2 Å². The average molecular weight is 391 g/mol. The average Bonchev–Trinajstić information content (AvgIpc) is 3.23. The van der Waals surface area contributed by atoms with Crippen molar-refractivity contribution in [2.24, 2.45) is 4.99 Å². The van der Waals surface area contributed by atoms with E-state index in [2.05, 4.69) is 15.3 Å². The van der Waals surface area contributed by atoms with E-state index >= 15 is 0 Å². The molecule has 0 aliphatic carbocycles. The van der Waals surface area contributed by atoms with Crippen LogP contribution < -0.4 is 16.0 Å². The molecule has 0 unspecified atom stereocenters. The fourth-order valence-electron chi connectivity index (χ4n) is 2.81. The Labute approximate surface area is 165 Å². The van der Waals surface area contributed by atoms with E-state index in [-0.39, 0.29) is 17.9 Å². The van der Waals surface area contributed by atoms with Crippen LogP contribution >= 0.6 is 11.3 Å². The molecule has 0 fully saturated rings. The Morgan fingerprint density at radius 1 is 1.25 bits per heavy atom. The number of nitrogens with one attached hydrogen (secondary N) is 1. The molecule has 6 nitrogen and oxygen atoms in total. The van der Waals surface area contributed by atoms with E-state index in [1.165, 1.54) is 11.3 Å². The van der Waals surface area contributed by atoms with Gasteiger partial charge in [-0.2, -0.15) is 0 Å². The maximum Gasteiger partial charge on any atom is 0.344 e. The number of rotatable bonds is 5. The van der Waals surface area contributed by atoms with Crippen LogP contribution in [0, 0.1) is 0 Å². The van der Waals surface area contributed by atoms with Crippen molar-refractivity contribution in [3.05, 3.63) is 75.5 Å². The SMILES string of the molecule is CCOC(=O)c1c(Nc2ccccc2)sc(C=C2C=c3ncccc3=N2)c1O. The van der Waals surface area contributed by atoms with Crippen molar-refractivity contribution >= 4 is 40.1 Å². The molecule has 140 valence electrons. The van der Waals surface area contributed by atoms with Crippen LogP contribution in [0.4, 0.5) is 10.7 Å². The summed E-state index contributed by atoms with van der Waals surface area (Å²) < 4.78 is 5.13. The second kappa shape index (κ2) is 7.66. The predicted octanol–water partition coefficient (Wildman–Crippen LogP) is 3.22. The van der Waals surface area contributed by atoms with Crippen LogP contribution in [0.3, 0.4) is 0 Å². The molecule has 0 atom stereocenters. The number of aromatic hydroxyl groups is 1. The number of benzene rings is 1. The molecule has 1 aliphatic rings. The number of para-hydroxylation sites is 1. The zero-order chi connectivity index (χ0) is 19.5. The first-order valence-corrected chi connectivity index (χ1v) is 9.55. The highest BCUT2D eigenvalue weighted by Crippen LogP contribution is 2.42. The number of hydrogen-bond donors (Lipinski definition) is 2. The number of fused-ring (bicyclic) bond motifs is 1. The summed E-state index contributed by atoms with van der Waals surface area (Å²) in [6, 6.07) is 13.1. The number of esters is 1. The normalized spacial score (nSPS) is 13.5. The molecule has 7 heteroatoms. The third kappa shape index (κ3) is 3.52. The number of nitrogens with zero attached hydrogens (tertiary/aromatic N) is 2. The minimum absolute atomic E-state index is 0.121. The maximum absolute atomic E-state index is 12.4. The lowest BCUT2D eigenvalue weighted by Crippen LogP contribution is -2.23. The number of anilines is 2. The lowest BCUT2D eigenvalue weighted by molar-refractivity contribution is 0.0525. The van der Waals surface area contributed by atoms with Crippen molar-refractivity contribution in [2.75, 3.05) is 11.9 Å². The first-order chi connectivity index (χ1) is 13.7. The van der Waals surface area contributed by atoms with Gasteiger partial charge in [-0.3, -0.25) is 4.98 Å². The number of carbonyl (C=O) groups excluding carboxylic acids is 1. The minimum atomic E-state index is -0.573. The Hall–Kier alpha value is -3.45. The molecule has 0 amide bonds. The molecule has 2 aromatic heterocycles. The van der Waals surface area contributed by atoms with E-state index in [0.717, 1.165) is 16.4 Å². The van der Waals surface area contributed by atoms with Gasteiger partial charge in [-0.25, -0.2) is 9.79 Å². The molecule has 4 rings (SSSR count). The Balaban J connectivity index is 1.76.